The first-order valence-corrected chi connectivity index (χ1v) is 12.6. The van der Waals surface area contributed by atoms with Gasteiger partial charge in [0, 0.05) is 15.7 Å². The van der Waals surface area contributed by atoms with Crippen LogP contribution < -0.4 is 20.7 Å². The molecule has 0 fully saturated rings. The summed E-state index contributed by atoms with van der Waals surface area (Å²) in [6.45, 7) is 4.53. The number of amides is 2. The molecule has 6 nitrogen and oxygen atoms in total. The highest BCUT2D eigenvalue weighted by atomic mass is 79.9. The van der Waals surface area contributed by atoms with E-state index in [1.54, 1.807) is 36.4 Å². The summed E-state index contributed by atoms with van der Waals surface area (Å²) in [6, 6.07) is 21.8. The van der Waals surface area contributed by atoms with Gasteiger partial charge in [0.15, 0.2) is 5.11 Å². The van der Waals surface area contributed by atoms with Gasteiger partial charge in [-0.05, 0) is 67.5 Å². The quantitative estimate of drug-likeness (QED) is 0.215. The zero-order valence-electron chi connectivity index (χ0n) is 19.6. The summed E-state index contributed by atoms with van der Waals surface area (Å²) in [5.74, 6) is -0.100. The molecule has 0 saturated carbocycles. The molecule has 0 spiro atoms. The van der Waals surface area contributed by atoms with Crippen molar-refractivity contribution in [1.82, 2.24) is 10.6 Å². The van der Waals surface area contributed by atoms with Crippen molar-refractivity contribution >= 4 is 50.8 Å². The molecule has 1 unspecified atom stereocenters. The van der Waals surface area contributed by atoms with Crippen molar-refractivity contribution in [2.24, 2.45) is 0 Å². The fourth-order valence-electron chi connectivity index (χ4n) is 3.31. The highest BCUT2D eigenvalue weighted by molar-refractivity contribution is 9.10. The predicted octanol–water partition coefficient (Wildman–Crippen LogP) is 6.25. The van der Waals surface area contributed by atoms with Crippen LogP contribution in [0.4, 0.5) is 5.69 Å². The maximum Gasteiger partial charge on any atom is 0.261 e. The average Bonchev–Trinajstić information content (AvgIpc) is 2.85. The van der Waals surface area contributed by atoms with Crippen molar-refractivity contribution in [3.8, 4) is 5.75 Å². The van der Waals surface area contributed by atoms with Crippen LogP contribution in [0, 0.1) is 0 Å². The summed E-state index contributed by atoms with van der Waals surface area (Å²) < 4.78 is 6.53. The van der Waals surface area contributed by atoms with Gasteiger partial charge in [-0.1, -0.05) is 65.7 Å². The molecule has 0 aromatic heterocycles. The third-order valence-corrected chi connectivity index (χ3v) is 5.90. The molecular weight excluding hydrogens is 526 g/mol. The van der Waals surface area contributed by atoms with E-state index in [1.165, 1.54) is 0 Å². The molecule has 0 aliphatic heterocycles. The van der Waals surface area contributed by atoms with Crippen LogP contribution in [0.15, 0.2) is 77.3 Å². The number of nitrogens with one attached hydrogen (secondary N) is 3. The van der Waals surface area contributed by atoms with E-state index in [9.17, 15) is 9.59 Å². The zero-order valence-corrected chi connectivity index (χ0v) is 22.0. The summed E-state index contributed by atoms with van der Waals surface area (Å²) in [5, 5.41) is 8.77. The van der Waals surface area contributed by atoms with Crippen LogP contribution in [0.25, 0.3) is 0 Å². The number of hydrogen-bond donors (Lipinski definition) is 3. The van der Waals surface area contributed by atoms with Gasteiger partial charge in [0.2, 0.25) is 0 Å². The van der Waals surface area contributed by atoms with Gasteiger partial charge in [0.05, 0.1) is 18.2 Å². The molecule has 182 valence electrons. The van der Waals surface area contributed by atoms with E-state index >= 15 is 0 Å². The first-order chi connectivity index (χ1) is 16.9. The topological polar surface area (TPSA) is 79.5 Å². The molecule has 8 heteroatoms. The van der Waals surface area contributed by atoms with Gasteiger partial charge in [-0.3, -0.25) is 14.9 Å². The van der Waals surface area contributed by atoms with Crippen LogP contribution >= 0.6 is 28.1 Å². The number of carbonyl (C=O) groups excluding carboxylic acids is 2. The van der Waals surface area contributed by atoms with Crippen molar-refractivity contribution in [3.63, 3.8) is 0 Å². The van der Waals surface area contributed by atoms with E-state index in [-0.39, 0.29) is 23.0 Å². The Bertz CT molecular complexity index is 1190. The minimum Gasteiger partial charge on any atom is -0.493 e. The molecule has 0 radical (unpaired) electrons. The van der Waals surface area contributed by atoms with E-state index in [0.29, 0.717) is 29.2 Å². The van der Waals surface area contributed by atoms with Gasteiger partial charge in [-0.25, -0.2) is 0 Å². The SMILES string of the molecule is CCCCOc1ccc(Br)cc1C(=O)NC(=S)Nc1cccc(C(=O)NC(C)c2ccccc2)c1. The third kappa shape index (κ3) is 7.90. The number of hydrogen-bond acceptors (Lipinski definition) is 4. The number of halogens is 1. The minimum absolute atomic E-state index is 0.115. The highest BCUT2D eigenvalue weighted by Gasteiger charge is 2.16. The lowest BCUT2D eigenvalue weighted by Crippen LogP contribution is -2.34. The van der Waals surface area contributed by atoms with Crippen molar-refractivity contribution in [3.05, 3.63) is 94.0 Å². The van der Waals surface area contributed by atoms with Gasteiger partial charge < -0.3 is 15.4 Å². The van der Waals surface area contributed by atoms with Crippen molar-refractivity contribution in [2.45, 2.75) is 32.7 Å². The second-order valence-corrected chi connectivity index (χ2v) is 9.26. The van der Waals surface area contributed by atoms with Crippen molar-refractivity contribution in [1.29, 1.82) is 0 Å². The Morgan fingerprint density at radius 1 is 1.00 bits per heavy atom. The van der Waals surface area contributed by atoms with E-state index in [2.05, 4.69) is 38.8 Å². The molecule has 0 aliphatic carbocycles. The van der Waals surface area contributed by atoms with Crippen molar-refractivity contribution in [2.75, 3.05) is 11.9 Å². The Morgan fingerprint density at radius 2 is 1.77 bits per heavy atom. The van der Waals surface area contributed by atoms with Crippen LogP contribution in [-0.2, 0) is 0 Å². The number of thiocarbonyl (C=S) groups is 1. The molecule has 35 heavy (non-hydrogen) atoms. The van der Waals surface area contributed by atoms with E-state index < -0.39 is 0 Å². The minimum atomic E-state index is -0.388. The molecule has 2 amide bonds. The van der Waals surface area contributed by atoms with Crippen LogP contribution in [0.5, 0.6) is 5.75 Å². The molecule has 0 aliphatic rings. The number of ether oxygens (including phenoxy) is 1. The molecule has 0 heterocycles. The van der Waals surface area contributed by atoms with Crippen LogP contribution in [0.1, 0.15) is 59.0 Å². The fourth-order valence-corrected chi connectivity index (χ4v) is 3.88. The average molecular weight is 555 g/mol. The second kappa shape index (κ2) is 13.0. The first-order valence-electron chi connectivity index (χ1n) is 11.4. The summed E-state index contributed by atoms with van der Waals surface area (Å²) in [5.41, 5.74) is 2.46. The monoisotopic (exact) mass is 553 g/mol. The number of anilines is 1. The third-order valence-electron chi connectivity index (χ3n) is 5.20. The Labute approximate surface area is 219 Å². The molecule has 3 aromatic carbocycles. The Hall–Kier alpha value is -3.23. The van der Waals surface area contributed by atoms with E-state index in [1.807, 2.05) is 43.3 Å². The summed E-state index contributed by atoms with van der Waals surface area (Å²) in [4.78, 5) is 25.6. The van der Waals surface area contributed by atoms with Crippen LogP contribution in [-0.4, -0.2) is 23.5 Å². The number of unbranched alkanes of at least 4 members (excludes halogenated alkanes) is 1. The number of rotatable bonds is 9. The largest absolute Gasteiger partial charge is 0.493 e. The zero-order chi connectivity index (χ0) is 25.2. The van der Waals surface area contributed by atoms with Crippen LogP contribution in [0.3, 0.4) is 0 Å². The van der Waals surface area contributed by atoms with Gasteiger partial charge in [0.25, 0.3) is 11.8 Å². The molecular formula is C27H28BrN3O3S. The van der Waals surface area contributed by atoms with E-state index in [0.717, 1.165) is 22.9 Å². The summed E-state index contributed by atoms with van der Waals surface area (Å²) in [6.07, 6.45) is 1.89. The molecule has 3 aromatic rings. The molecule has 0 bridgehead atoms. The number of benzene rings is 3. The number of carbonyl (C=O) groups is 2. The molecule has 1 atom stereocenters. The predicted molar refractivity (Wildman–Crippen MR) is 147 cm³/mol. The molecule has 3 N–H and O–H groups in total. The molecule has 0 saturated heterocycles. The summed E-state index contributed by atoms with van der Waals surface area (Å²) >= 11 is 8.74. The fraction of sp³-hybridized carbons (Fsp3) is 0.222. The maximum atomic E-state index is 12.9. The Balaban J connectivity index is 1.63. The molecule has 3 rings (SSSR count). The smallest absolute Gasteiger partial charge is 0.261 e. The standard InChI is InChI=1S/C27H28BrN3O3S/c1-3-4-15-34-24-14-13-21(28)17-23(24)26(33)31-27(35)30-22-12-8-11-20(16-22)25(32)29-18(2)19-9-6-5-7-10-19/h5-14,16-18H,3-4,15H2,1-2H3,(H,29,32)(H2,30,31,33,35). The van der Waals surface area contributed by atoms with Crippen LogP contribution in [0.2, 0.25) is 0 Å². The van der Waals surface area contributed by atoms with Gasteiger partial charge in [-0.15, -0.1) is 0 Å². The Morgan fingerprint density at radius 3 is 2.51 bits per heavy atom. The van der Waals surface area contributed by atoms with Gasteiger partial charge in [0.1, 0.15) is 5.75 Å². The summed E-state index contributed by atoms with van der Waals surface area (Å²) in [7, 11) is 0. The normalized spacial score (nSPS) is 11.3. The lowest BCUT2D eigenvalue weighted by atomic mass is 10.1. The highest BCUT2D eigenvalue weighted by Crippen LogP contribution is 2.24. The first kappa shape index (κ1) is 26.4. The Kier molecular flexibility index (Phi) is 9.81. The van der Waals surface area contributed by atoms with Crippen molar-refractivity contribution < 1.29 is 14.3 Å². The van der Waals surface area contributed by atoms with Gasteiger partial charge >= 0.3 is 0 Å². The van der Waals surface area contributed by atoms with Gasteiger partial charge in [-0.2, -0.15) is 0 Å². The second-order valence-electron chi connectivity index (χ2n) is 7.94. The lowest BCUT2D eigenvalue weighted by molar-refractivity contribution is 0.0937. The maximum absolute atomic E-state index is 12.9. The lowest BCUT2D eigenvalue weighted by Gasteiger charge is -2.15. The van der Waals surface area contributed by atoms with E-state index in [4.69, 9.17) is 17.0 Å².